The van der Waals surface area contributed by atoms with Crippen LogP contribution in [0, 0.1) is 0 Å². The largest absolute Gasteiger partial charge is 0.456 e. The van der Waals surface area contributed by atoms with Gasteiger partial charge in [-0.1, -0.05) is 48.5 Å². The standard InChI is InChI=1S/C34H34N4O4/c1-34(2,3)42-33(40)38-19-17-37(18-20-38)22-24-10-8-14-30-26(24)21-31(41-30)25-11-5-7-13-28(25)36-32(39)29-16-15-23-9-4-6-12-27(23)35-29/h4-16,21H,17-20,22H2,1-3H3,(H,36,39). The summed E-state index contributed by atoms with van der Waals surface area (Å²) >= 11 is 0. The van der Waals surface area contributed by atoms with Gasteiger partial charge in [0.2, 0.25) is 0 Å². The van der Waals surface area contributed by atoms with Crippen LogP contribution in [0.3, 0.4) is 0 Å². The smallest absolute Gasteiger partial charge is 0.410 e. The van der Waals surface area contributed by atoms with Crippen LogP contribution in [0.4, 0.5) is 10.5 Å². The van der Waals surface area contributed by atoms with Crippen molar-refractivity contribution in [3.8, 4) is 11.3 Å². The van der Waals surface area contributed by atoms with Gasteiger partial charge >= 0.3 is 6.09 Å². The van der Waals surface area contributed by atoms with Crippen molar-refractivity contribution in [3.63, 3.8) is 0 Å². The SMILES string of the molecule is CC(C)(C)OC(=O)N1CCN(Cc2cccc3oc(-c4ccccc4NC(=O)c4ccc5ccccc5n4)cc23)CC1. The number of pyridine rings is 1. The first-order valence-corrected chi connectivity index (χ1v) is 14.2. The molecule has 8 heteroatoms. The first-order chi connectivity index (χ1) is 20.2. The zero-order valence-electron chi connectivity index (χ0n) is 24.1. The predicted octanol–water partition coefficient (Wildman–Crippen LogP) is 6.95. The average Bonchev–Trinajstić information content (AvgIpc) is 3.42. The van der Waals surface area contributed by atoms with Crippen molar-refractivity contribution < 1.29 is 18.7 Å². The molecule has 3 heterocycles. The van der Waals surface area contributed by atoms with E-state index in [1.165, 1.54) is 0 Å². The molecule has 0 aliphatic carbocycles. The lowest BCUT2D eigenvalue weighted by Gasteiger charge is -2.35. The third-order valence-corrected chi connectivity index (χ3v) is 7.34. The molecule has 5 aromatic rings. The molecule has 2 amide bonds. The minimum Gasteiger partial charge on any atom is -0.456 e. The molecule has 1 aliphatic heterocycles. The number of furan rings is 1. The topological polar surface area (TPSA) is 87.9 Å². The van der Waals surface area contributed by atoms with Crippen LogP contribution in [0.1, 0.15) is 36.8 Å². The van der Waals surface area contributed by atoms with Crippen molar-refractivity contribution in [1.29, 1.82) is 0 Å². The van der Waals surface area contributed by atoms with E-state index in [-0.39, 0.29) is 12.0 Å². The number of nitrogens with one attached hydrogen (secondary N) is 1. The molecule has 0 spiro atoms. The third kappa shape index (κ3) is 5.99. The number of aromatic nitrogens is 1. The molecule has 0 atom stereocenters. The Labute approximate surface area is 244 Å². The van der Waals surface area contributed by atoms with Gasteiger partial charge in [-0.3, -0.25) is 9.69 Å². The molecular weight excluding hydrogens is 528 g/mol. The van der Waals surface area contributed by atoms with Gasteiger partial charge in [-0.2, -0.15) is 0 Å². The number of hydrogen-bond donors (Lipinski definition) is 1. The molecule has 1 fully saturated rings. The molecule has 1 N–H and O–H groups in total. The maximum atomic E-state index is 13.2. The Balaban J connectivity index is 1.19. The van der Waals surface area contributed by atoms with Gasteiger partial charge in [0.1, 0.15) is 22.6 Å². The van der Waals surface area contributed by atoms with Crippen molar-refractivity contribution in [1.82, 2.24) is 14.8 Å². The summed E-state index contributed by atoms with van der Waals surface area (Å²) in [5.74, 6) is 0.394. The number of piperazine rings is 1. The zero-order valence-corrected chi connectivity index (χ0v) is 24.1. The molecule has 1 aliphatic rings. The summed E-state index contributed by atoms with van der Waals surface area (Å²) in [6.45, 7) is 9.17. The number of carbonyl (C=O) groups is 2. The van der Waals surface area contributed by atoms with Crippen LogP contribution in [-0.2, 0) is 11.3 Å². The van der Waals surface area contributed by atoms with Crippen LogP contribution >= 0.6 is 0 Å². The molecule has 1 saturated heterocycles. The minimum atomic E-state index is -0.502. The number of amides is 2. The van der Waals surface area contributed by atoms with E-state index >= 15 is 0 Å². The van der Waals surface area contributed by atoms with E-state index in [1.807, 2.05) is 93.6 Å². The Morgan fingerprint density at radius 3 is 2.48 bits per heavy atom. The van der Waals surface area contributed by atoms with Crippen LogP contribution in [-0.4, -0.2) is 58.6 Å². The lowest BCUT2D eigenvalue weighted by Crippen LogP contribution is -2.49. The number of para-hydroxylation sites is 2. The van der Waals surface area contributed by atoms with Crippen molar-refractivity contribution in [3.05, 3.63) is 96.2 Å². The summed E-state index contributed by atoms with van der Waals surface area (Å²) in [5.41, 5.74) is 3.99. The minimum absolute atomic E-state index is 0.258. The second-order valence-corrected chi connectivity index (χ2v) is 11.6. The molecule has 42 heavy (non-hydrogen) atoms. The van der Waals surface area contributed by atoms with Crippen LogP contribution in [0.25, 0.3) is 33.2 Å². The number of rotatable bonds is 5. The van der Waals surface area contributed by atoms with Crippen molar-refractivity contribution >= 4 is 39.6 Å². The van der Waals surface area contributed by atoms with Gasteiger partial charge in [0, 0.05) is 49.1 Å². The Morgan fingerprint density at radius 1 is 0.905 bits per heavy atom. The van der Waals surface area contributed by atoms with Gasteiger partial charge in [-0.05, 0) is 62.7 Å². The predicted molar refractivity (Wildman–Crippen MR) is 164 cm³/mol. The molecule has 0 radical (unpaired) electrons. The molecule has 0 unspecified atom stereocenters. The first kappa shape index (κ1) is 27.5. The highest BCUT2D eigenvalue weighted by atomic mass is 16.6. The van der Waals surface area contributed by atoms with Crippen LogP contribution in [0.15, 0.2) is 89.3 Å². The number of nitrogens with zero attached hydrogens (tertiary/aromatic N) is 3. The Hall–Kier alpha value is -4.69. The van der Waals surface area contributed by atoms with Gasteiger partial charge < -0.3 is 19.4 Å². The second kappa shape index (κ2) is 11.3. The number of hydrogen-bond acceptors (Lipinski definition) is 6. The van der Waals surface area contributed by atoms with Gasteiger partial charge in [0.25, 0.3) is 5.91 Å². The molecule has 3 aromatic carbocycles. The van der Waals surface area contributed by atoms with Crippen molar-refractivity contribution in [2.75, 3.05) is 31.5 Å². The molecule has 214 valence electrons. The van der Waals surface area contributed by atoms with E-state index in [0.29, 0.717) is 30.2 Å². The molecule has 0 saturated carbocycles. The highest BCUT2D eigenvalue weighted by molar-refractivity contribution is 6.06. The number of carbonyl (C=O) groups excluding carboxylic acids is 2. The van der Waals surface area contributed by atoms with Crippen molar-refractivity contribution in [2.45, 2.75) is 32.9 Å². The van der Waals surface area contributed by atoms with Crippen LogP contribution in [0.2, 0.25) is 0 Å². The lowest BCUT2D eigenvalue weighted by molar-refractivity contribution is 0.0139. The van der Waals surface area contributed by atoms with Gasteiger partial charge in [0.15, 0.2) is 0 Å². The second-order valence-electron chi connectivity index (χ2n) is 11.6. The van der Waals surface area contributed by atoms with E-state index in [2.05, 4.69) is 21.3 Å². The Morgan fingerprint density at radius 2 is 1.67 bits per heavy atom. The molecule has 0 bridgehead atoms. The monoisotopic (exact) mass is 562 g/mol. The summed E-state index contributed by atoms with van der Waals surface area (Å²) in [4.78, 5) is 34.3. The molecule has 8 nitrogen and oxygen atoms in total. The fraction of sp³-hybridized carbons (Fsp3) is 0.265. The zero-order chi connectivity index (χ0) is 29.3. The van der Waals surface area contributed by atoms with E-state index < -0.39 is 5.60 Å². The van der Waals surface area contributed by atoms with Gasteiger partial charge in [-0.25, -0.2) is 9.78 Å². The van der Waals surface area contributed by atoms with E-state index in [9.17, 15) is 9.59 Å². The van der Waals surface area contributed by atoms with Crippen LogP contribution < -0.4 is 5.32 Å². The normalized spacial score (nSPS) is 14.3. The van der Waals surface area contributed by atoms with Crippen LogP contribution in [0.5, 0.6) is 0 Å². The van der Waals surface area contributed by atoms with Gasteiger partial charge in [0.05, 0.1) is 11.2 Å². The Bertz CT molecular complexity index is 1760. The third-order valence-electron chi connectivity index (χ3n) is 7.34. The fourth-order valence-corrected chi connectivity index (χ4v) is 5.23. The number of anilines is 1. The van der Waals surface area contributed by atoms with Gasteiger partial charge in [-0.15, -0.1) is 0 Å². The maximum Gasteiger partial charge on any atom is 0.410 e. The summed E-state index contributed by atoms with van der Waals surface area (Å²) in [6.07, 6.45) is -0.258. The number of fused-ring (bicyclic) bond motifs is 2. The summed E-state index contributed by atoms with van der Waals surface area (Å²) in [7, 11) is 0. The van der Waals surface area contributed by atoms with E-state index in [4.69, 9.17) is 9.15 Å². The Kier molecular flexibility index (Phi) is 7.39. The molecule has 2 aromatic heterocycles. The van der Waals surface area contributed by atoms with Crippen molar-refractivity contribution in [2.24, 2.45) is 0 Å². The lowest BCUT2D eigenvalue weighted by atomic mass is 10.1. The highest BCUT2D eigenvalue weighted by Gasteiger charge is 2.26. The first-order valence-electron chi connectivity index (χ1n) is 14.2. The summed E-state index contributed by atoms with van der Waals surface area (Å²) in [5, 5.41) is 5.04. The fourth-order valence-electron chi connectivity index (χ4n) is 5.23. The number of benzene rings is 3. The molecule has 6 rings (SSSR count). The van der Waals surface area contributed by atoms with E-state index in [0.717, 1.165) is 52.6 Å². The maximum absolute atomic E-state index is 13.2. The summed E-state index contributed by atoms with van der Waals surface area (Å²) in [6, 6.07) is 27.1. The highest BCUT2D eigenvalue weighted by Crippen LogP contribution is 2.35. The average molecular weight is 563 g/mol. The quantitative estimate of drug-likeness (QED) is 0.249. The summed E-state index contributed by atoms with van der Waals surface area (Å²) < 4.78 is 11.8. The van der Waals surface area contributed by atoms with E-state index in [1.54, 1.807) is 11.0 Å². The molecular formula is C34H34N4O4. The number of ether oxygens (including phenoxy) is 1.